The molecule has 2 N–H and O–H groups in total. The summed E-state index contributed by atoms with van der Waals surface area (Å²) in [6.45, 7) is 6.45. The predicted octanol–water partition coefficient (Wildman–Crippen LogP) is 2.86. The van der Waals surface area contributed by atoms with Crippen molar-refractivity contribution in [1.82, 2.24) is 15.5 Å². The van der Waals surface area contributed by atoms with Gasteiger partial charge in [-0.15, -0.1) is 0 Å². The maximum absolute atomic E-state index is 13.6. The SMILES string of the molecule is CN[C@@H](C)C(=O)N[C@H](C(=O)N1C[C@@H](Oc2ccccc2)C[C@H]1COc1ccccc1)C(C)C. The lowest BCUT2D eigenvalue weighted by atomic mass is 10.0. The van der Waals surface area contributed by atoms with E-state index in [-0.39, 0.29) is 35.9 Å². The molecule has 0 aliphatic carbocycles. The van der Waals surface area contributed by atoms with E-state index in [4.69, 9.17) is 9.47 Å². The fraction of sp³-hybridized carbons (Fsp3) is 0.462. The van der Waals surface area contributed by atoms with E-state index in [1.807, 2.05) is 79.4 Å². The smallest absolute Gasteiger partial charge is 0.245 e. The van der Waals surface area contributed by atoms with Crippen LogP contribution >= 0.6 is 0 Å². The molecule has 1 saturated heterocycles. The lowest BCUT2D eigenvalue weighted by Crippen LogP contribution is -2.56. The number of ether oxygens (including phenoxy) is 2. The number of benzene rings is 2. The van der Waals surface area contributed by atoms with Crippen molar-refractivity contribution in [3.63, 3.8) is 0 Å². The fourth-order valence-corrected chi connectivity index (χ4v) is 3.89. The standard InChI is InChI=1S/C26H35N3O4/c1-18(2)24(28-25(30)19(3)27-4)26(31)29-16-23(33-22-13-9-6-10-14-22)15-20(29)17-32-21-11-7-5-8-12-21/h5-14,18-20,23-24,27H,15-17H2,1-4H3,(H,28,30)/t19-,20-,23-,24-/m0/s1. The Morgan fingerprint density at radius 1 is 1.00 bits per heavy atom. The molecule has 0 radical (unpaired) electrons. The minimum atomic E-state index is -0.622. The monoisotopic (exact) mass is 453 g/mol. The average molecular weight is 454 g/mol. The van der Waals surface area contributed by atoms with E-state index in [9.17, 15) is 9.59 Å². The van der Waals surface area contributed by atoms with Gasteiger partial charge in [0.05, 0.1) is 18.6 Å². The molecule has 1 aliphatic rings. The number of nitrogens with one attached hydrogen (secondary N) is 2. The van der Waals surface area contributed by atoms with Crippen molar-refractivity contribution < 1.29 is 19.1 Å². The van der Waals surface area contributed by atoms with Crippen molar-refractivity contribution in [1.29, 1.82) is 0 Å². The van der Waals surface area contributed by atoms with Gasteiger partial charge in [0.25, 0.3) is 0 Å². The van der Waals surface area contributed by atoms with Crippen LogP contribution in [0.1, 0.15) is 27.2 Å². The van der Waals surface area contributed by atoms with Gasteiger partial charge < -0.3 is 25.0 Å². The summed E-state index contributed by atoms with van der Waals surface area (Å²) in [7, 11) is 1.72. The Hall–Kier alpha value is -3.06. The van der Waals surface area contributed by atoms with Gasteiger partial charge >= 0.3 is 0 Å². The molecule has 0 saturated carbocycles. The van der Waals surface area contributed by atoms with E-state index >= 15 is 0 Å². The molecule has 1 aliphatic heterocycles. The lowest BCUT2D eigenvalue weighted by molar-refractivity contribution is -0.139. The maximum Gasteiger partial charge on any atom is 0.245 e. The summed E-state index contributed by atoms with van der Waals surface area (Å²) < 4.78 is 12.2. The first-order chi connectivity index (χ1) is 15.9. The number of para-hydroxylation sites is 2. The fourth-order valence-electron chi connectivity index (χ4n) is 3.89. The predicted molar refractivity (Wildman–Crippen MR) is 128 cm³/mol. The summed E-state index contributed by atoms with van der Waals surface area (Å²) in [6, 6.07) is 18.0. The molecule has 2 aromatic rings. The van der Waals surface area contributed by atoms with E-state index < -0.39 is 6.04 Å². The molecule has 0 spiro atoms. The number of likely N-dealkylation sites (N-methyl/N-ethyl adjacent to an activating group) is 1. The topological polar surface area (TPSA) is 79.9 Å². The van der Waals surface area contributed by atoms with Crippen molar-refractivity contribution in [2.75, 3.05) is 20.2 Å². The summed E-state index contributed by atoms with van der Waals surface area (Å²) in [5.41, 5.74) is 0. The zero-order valence-corrected chi connectivity index (χ0v) is 19.9. The maximum atomic E-state index is 13.6. The van der Waals surface area contributed by atoms with Crippen LogP contribution in [-0.4, -0.2) is 61.1 Å². The number of carbonyl (C=O) groups is 2. The zero-order valence-electron chi connectivity index (χ0n) is 19.9. The van der Waals surface area contributed by atoms with Crippen LogP contribution in [0.25, 0.3) is 0 Å². The Bertz CT molecular complexity index is 891. The lowest BCUT2D eigenvalue weighted by Gasteiger charge is -2.31. The molecule has 2 aromatic carbocycles. The van der Waals surface area contributed by atoms with Crippen LogP contribution in [0.2, 0.25) is 0 Å². The molecule has 0 bridgehead atoms. The highest BCUT2D eigenvalue weighted by molar-refractivity contribution is 5.90. The van der Waals surface area contributed by atoms with Gasteiger partial charge in [-0.1, -0.05) is 50.2 Å². The van der Waals surface area contributed by atoms with Crippen LogP contribution in [0.4, 0.5) is 0 Å². The number of carbonyl (C=O) groups excluding carboxylic acids is 2. The second kappa shape index (κ2) is 11.7. The zero-order chi connectivity index (χ0) is 23.8. The summed E-state index contributed by atoms with van der Waals surface area (Å²) in [5.74, 6) is 1.17. The first-order valence-corrected chi connectivity index (χ1v) is 11.6. The summed E-state index contributed by atoms with van der Waals surface area (Å²) in [4.78, 5) is 28.0. The van der Waals surface area contributed by atoms with Crippen molar-refractivity contribution in [3.8, 4) is 11.5 Å². The Labute approximate surface area is 196 Å². The highest BCUT2D eigenvalue weighted by Crippen LogP contribution is 2.26. The molecule has 3 rings (SSSR count). The highest BCUT2D eigenvalue weighted by Gasteiger charge is 2.41. The van der Waals surface area contributed by atoms with E-state index in [2.05, 4.69) is 10.6 Å². The largest absolute Gasteiger partial charge is 0.491 e. The van der Waals surface area contributed by atoms with Crippen LogP contribution in [0.15, 0.2) is 60.7 Å². The second-order valence-electron chi connectivity index (χ2n) is 8.80. The number of amides is 2. The second-order valence-corrected chi connectivity index (χ2v) is 8.80. The van der Waals surface area contributed by atoms with Gasteiger partial charge in [0.2, 0.25) is 11.8 Å². The Morgan fingerprint density at radius 3 is 2.18 bits per heavy atom. The molecule has 0 unspecified atom stereocenters. The quantitative estimate of drug-likeness (QED) is 0.578. The number of likely N-dealkylation sites (tertiary alicyclic amines) is 1. The molecule has 4 atom stereocenters. The summed E-state index contributed by atoms with van der Waals surface area (Å²) in [5, 5.41) is 5.85. The van der Waals surface area contributed by atoms with E-state index in [1.54, 1.807) is 14.0 Å². The molecular formula is C26H35N3O4. The first kappa shape index (κ1) is 24.6. The van der Waals surface area contributed by atoms with Crippen molar-refractivity contribution >= 4 is 11.8 Å². The molecule has 0 aromatic heterocycles. The van der Waals surface area contributed by atoms with Crippen LogP contribution < -0.4 is 20.1 Å². The van der Waals surface area contributed by atoms with Crippen molar-refractivity contribution in [2.24, 2.45) is 5.92 Å². The molecule has 2 amide bonds. The third kappa shape index (κ3) is 6.71. The highest BCUT2D eigenvalue weighted by atomic mass is 16.5. The normalized spacial score (nSPS) is 19.7. The number of hydrogen-bond donors (Lipinski definition) is 2. The minimum absolute atomic E-state index is 0.0599. The van der Waals surface area contributed by atoms with Crippen molar-refractivity contribution in [2.45, 2.75) is 51.4 Å². The molecule has 7 heteroatoms. The summed E-state index contributed by atoms with van der Waals surface area (Å²) >= 11 is 0. The number of nitrogens with zero attached hydrogens (tertiary/aromatic N) is 1. The van der Waals surface area contributed by atoms with Crippen LogP contribution in [0.3, 0.4) is 0 Å². The molecule has 1 heterocycles. The van der Waals surface area contributed by atoms with Crippen LogP contribution in [0, 0.1) is 5.92 Å². The number of hydrogen-bond acceptors (Lipinski definition) is 5. The van der Waals surface area contributed by atoms with Crippen LogP contribution in [0.5, 0.6) is 11.5 Å². The van der Waals surface area contributed by atoms with Gasteiger partial charge in [0.1, 0.15) is 30.3 Å². The number of rotatable bonds is 10. The van der Waals surface area contributed by atoms with E-state index in [1.165, 1.54) is 0 Å². The summed E-state index contributed by atoms with van der Waals surface area (Å²) in [6.07, 6.45) is 0.500. The van der Waals surface area contributed by atoms with Gasteiger partial charge in [-0.25, -0.2) is 0 Å². The third-order valence-corrected chi connectivity index (χ3v) is 5.95. The molecule has 178 valence electrons. The van der Waals surface area contributed by atoms with Gasteiger partial charge in [-0.05, 0) is 44.2 Å². The van der Waals surface area contributed by atoms with Crippen LogP contribution in [-0.2, 0) is 9.59 Å². The Morgan fingerprint density at radius 2 is 1.61 bits per heavy atom. The Kier molecular flexibility index (Phi) is 8.72. The minimum Gasteiger partial charge on any atom is -0.491 e. The molecule has 7 nitrogen and oxygen atoms in total. The molecular weight excluding hydrogens is 418 g/mol. The van der Waals surface area contributed by atoms with Gasteiger partial charge in [0, 0.05) is 6.42 Å². The molecule has 33 heavy (non-hydrogen) atoms. The van der Waals surface area contributed by atoms with E-state index in [0.29, 0.717) is 19.6 Å². The Balaban J connectivity index is 1.75. The van der Waals surface area contributed by atoms with Gasteiger partial charge in [0.15, 0.2) is 0 Å². The molecule has 1 fully saturated rings. The third-order valence-electron chi connectivity index (χ3n) is 5.95. The van der Waals surface area contributed by atoms with E-state index in [0.717, 1.165) is 11.5 Å². The van der Waals surface area contributed by atoms with Gasteiger partial charge in [-0.3, -0.25) is 9.59 Å². The first-order valence-electron chi connectivity index (χ1n) is 11.6. The van der Waals surface area contributed by atoms with Crippen molar-refractivity contribution in [3.05, 3.63) is 60.7 Å². The average Bonchev–Trinajstić information content (AvgIpc) is 3.23. The van der Waals surface area contributed by atoms with Gasteiger partial charge in [-0.2, -0.15) is 0 Å².